The Labute approximate surface area is 228 Å². The van der Waals surface area contributed by atoms with Crippen LogP contribution in [0.3, 0.4) is 0 Å². The smallest absolute Gasteiger partial charge is 0.322 e. The van der Waals surface area contributed by atoms with E-state index in [4.69, 9.17) is 23.7 Å². The van der Waals surface area contributed by atoms with Gasteiger partial charge in [0.15, 0.2) is 23.0 Å². The SMILES string of the molecule is COc1cc2c(cc1OC)CCCC(C(=O)N1CCN(Cc3cc(OC)c(OC)c(OC)c3)C(C(=O)O)C1)=C2. The molecule has 0 bridgehead atoms. The molecule has 1 aliphatic carbocycles. The minimum Gasteiger partial charge on any atom is -0.493 e. The molecule has 1 N–H and O–H groups in total. The van der Waals surface area contributed by atoms with Gasteiger partial charge in [0.2, 0.25) is 11.7 Å². The van der Waals surface area contributed by atoms with E-state index in [2.05, 4.69) is 0 Å². The number of amides is 1. The van der Waals surface area contributed by atoms with Crippen LogP contribution in [0.25, 0.3) is 6.08 Å². The molecule has 0 radical (unpaired) electrons. The molecule has 1 unspecified atom stereocenters. The third-order valence-corrected chi connectivity index (χ3v) is 7.32. The molecule has 2 aliphatic rings. The molecule has 1 fully saturated rings. The van der Waals surface area contributed by atoms with Gasteiger partial charge in [0.05, 0.1) is 35.5 Å². The van der Waals surface area contributed by atoms with E-state index in [0.29, 0.717) is 60.4 Å². The number of nitrogens with zero attached hydrogens (tertiary/aromatic N) is 2. The number of benzene rings is 2. The summed E-state index contributed by atoms with van der Waals surface area (Å²) >= 11 is 0. The minimum absolute atomic E-state index is 0.0920. The fraction of sp³-hybridized carbons (Fsp3) is 0.448. The van der Waals surface area contributed by atoms with Gasteiger partial charge in [-0.15, -0.1) is 0 Å². The van der Waals surface area contributed by atoms with Gasteiger partial charge in [0, 0.05) is 31.8 Å². The monoisotopic (exact) mass is 540 g/mol. The van der Waals surface area contributed by atoms with Gasteiger partial charge < -0.3 is 33.7 Å². The van der Waals surface area contributed by atoms with Crippen molar-refractivity contribution in [2.75, 3.05) is 55.2 Å². The number of hydrogen-bond acceptors (Lipinski definition) is 8. The van der Waals surface area contributed by atoms with E-state index in [0.717, 1.165) is 29.5 Å². The molecule has 4 rings (SSSR count). The number of carbonyl (C=O) groups is 2. The third-order valence-electron chi connectivity index (χ3n) is 7.32. The lowest BCUT2D eigenvalue weighted by Crippen LogP contribution is -2.57. The number of carboxylic acid groups (broad SMARTS) is 1. The maximum absolute atomic E-state index is 13.6. The van der Waals surface area contributed by atoms with Gasteiger partial charge >= 0.3 is 5.97 Å². The number of methoxy groups -OCH3 is 5. The fourth-order valence-corrected chi connectivity index (χ4v) is 5.28. The molecule has 2 aromatic rings. The number of fused-ring (bicyclic) bond motifs is 1. The van der Waals surface area contributed by atoms with Crippen LogP contribution in [0.4, 0.5) is 0 Å². The van der Waals surface area contributed by atoms with Crippen LogP contribution < -0.4 is 23.7 Å². The van der Waals surface area contributed by atoms with Gasteiger partial charge in [0.25, 0.3) is 0 Å². The molecule has 1 amide bonds. The Morgan fingerprint density at radius 2 is 1.49 bits per heavy atom. The number of ether oxygens (including phenoxy) is 5. The van der Waals surface area contributed by atoms with Crippen LogP contribution in [0.2, 0.25) is 0 Å². The first-order chi connectivity index (χ1) is 18.8. The average Bonchev–Trinajstić information content (AvgIpc) is 3.17. The van der Waals surface area contributed by atoms with Crippen LogP contribution in [-0.2, 0) is 22.6 Å². The number of aliphatic carboxylic acids is 1. The highest BCUT2D eigenvalue weighted by Gasteiger charge is 2.35. The summed E-state index contributed by atoms with van der Waals surface area (Å²) in [5.41, 5.74) is 3.50. The van der Waals surface area contributed by atoms with E-state index in [1.807, 2.05) is 35.2 Å². The summed E-state index contributed by atoms with van der Waals surface area (Å²) in [6.07, 6.45) is 4.14. The number of aryl methyl sites for hydroxylation is 1. The summed E-state index contributed by atoms with van der Waals surface area (Å²) in [4.78, 5) is 29.4. The van der Waals surface area contributed by atoms with E-state index < -0.39 is 12.0 Å². The van der Waals surface area contributed by atoms with Crippen LogP contribution in [0.1, 0.15) is 29.5 Å². The average molecular weight is 541 g/mol. The Morgan fingerprint density at radius 3 is 2.08 bits per heavy atom. The fourth-order valence-electron chi connectivity index (χ4n) is 5.28. The van der Waals surface area contributed by atoms with Crippen molar-refractivity contribution in [3.8, 4) is 28.7 Å². The first kappa shape index (κ1) is 28.1. The molecular formula is C29H36N2O8. The zero-order valence-electron chi connectivity index (χ0n) is 23.1. The standard InChI is InChI=1S/C29H36N2O8/c1-35-23-14-19-7-6-8-20(13-21(19)15-24(23)36-2)28(32)31-10-9-30(22(17-31)29(33)34)16-18-11-25(37-3)27(39-5)26(12-18)38-4/h11-15,22H,6-10,16-17H2,1-5H3,(H,33,34). The zero-order chi connectivity index (χ0) is 28.1. The molecule has 2 aromatic carbocycles. The lowest BCUT2D eigenvalue weighted by Gasteiger charge is -2.39. The second-order valence-corrected chi connectivity index (χ2v) is 9.54. The van der Waals surface area contributed by atoms with Crippen LogP contribution in [0, 0.1) is 0 Å². The summed E-state index contributed by atoms with van der Waals surface area (Å²) in [5.74, 6) is 1.64. The molecule has 0 saturated carbocycles. The number of carbonyl (C=O) groups excluding carboxylic acids is 1. The highest BCUT2D eigenvalue weighted by atomic mass is 16.5. The van der Waals surface area contributed by atoms with Gasteiger partial charge in [-0.05, 0) is 66.3 Å². The van der Waals surface area contributed by atoms with Crippen LogP contribution >= 0.6 is 0 Å². The van der Waals surface area contributed by atoms with Crippen molar-refractivity contribution in [3.63, 3.8) is 0 Å². The maximum atomic E-state index is 13.6. The second kappa shape index (κ2) is 12.3. The van der Waals surface area contributed by atoms with Gasteiger partial charge in [0.1, 0.15) is 6.04 Å². The second-order valence-electron chi connectivity index (χ2n) is 9.54. The van der Waals surface area contributed by atoms with Crippen molar-refractivity contribution < 1.29 is 38.4 Å². The van der Waals surface area contributed by atoms with Gasteiger partial charge in [-0.2, -0.15) is 0 Å². The summed E-state index contributed by atoms with van der Waals surface area (Å²) in [5, 5.41) is 10.1. The summed E-state index contributed by atoms with van der Waals surface area (Å²) in [7, 11) is 7.80. The molecule has 0 aromatic heterocycles. The first-order valence-electron chi connectivity index (χ1n) is 12.8. The third kappa shape index (κ3) is 5.90. The predicted molar refractivity (Wildman–Crippen MR) is 145 cm³/mol. The molecule has 10 heteroatoms. The van der Waals surface area contributed by atoms with Crippen LogP contribution in [0.15, 0.2) is 29.8 Å². The molecule has 1 atom stereocenters. The Kier molecular flexibility index (Phi) is 8.86. The lowest BCUT2D eigenvalue weighted by molar-refractivity contribution is -0.148. The lowest BCUT2D eigenvalue weighted by atomic mass is 10.0. The molecular weight excluding hydrogens is 504 g/mol. The molecule has 1 aliphatic heterocycles. The molecule has 1 saturated heterocycles. The van der Waals surface area contributed by atoms with E-state index in [1.165, 1.54) is 7.11 Å². The van der Waals surface area contributed by atoms with E-state index in [9.17, 15) is 14.7 Å². The maximum Gasteiger partial charge on any atom is 0.322 e. The van der Waals surface area contributed by atoms with Gasteiger partial charge in [-0.25, -0.2) is 0 Å². The van der Waals surface area contributed by atoms with E-state index in [1.54, 1.807) is 33.3 Å². The Balaban J connectivity index is 1.54. The topological polar surface area (TPSA) is 107 Å². The van der Waals surface area contributed by atoms with E-state index >= 15 is 0 Å². The largest absolute Gasteiger partial charge is 0.493 e. The Morgan fingerprint density at radius 1 is 0.846 bits per heavy atom. The van der Waals surface area contributed by atoms with E-state index in [-0.39, 0.29) is 12.5 Å². The summed E-state index contributed by atoms with van der Waals surface area (Å²) < 4.78 is 27.2. The molecule has 10 nitrogen and oxygen atoms in total. The van der Waals surface area contributed by atoms with Gasteiger partial charge in [-0.3, -0.25) is 14.5 Å². The molecule has 39 heavy (non-hydrogen) atoms. The molecule has 210 valence electrons. The zero-order valence-corrected chi connectivity index (χ0v) is 23.1. The Bertz CT molecular complexity index is 1230. The van der Waals surface area contributed by atoms with Crippen molar-refractivity contribution in [3.05, 3.63) is 46.5 Å². The minimum atomic E-state index is -0.975. The highest BCUT2D eigenvalue weighted by molar-refractivity contribution is 5.98. The molecule has 1 heterocycles. The van der Waals surface area contributed by atoms with Crippen molar-refractivity contribution in [1.82, 2.24) is 9.80 Å². The number of hydrogen-bond donors (Lipinski definition) is 1. The molecule has 0 spiro atoms. The Hall–Kier alpha value is -3.92. The van der Waals surface area contributed by atoms with Crippen molar-refractivity contribution in [2.45, 2.75) is 31.8 Å². The quantitative estimate of drug-likeness (QED) is 0.513. The first-order valence-corrected chi connectivity index (χ1v) is 12.8. The number of piperazine rings is 1. The van der Waals surface area contributed by atoms with Crippen LogP contribution in [0.5, 0.6) is 28.7 Å². The normalized spacial score (nSPS) is 17.4. The predicted octanol–water partition coefficient (Wildman–Crippen LogP) is 3.25. The van der Waals surface area contributed by atoms with Crippen LogP contribution in [-0.4, -0.2) is 88.0 Å². The van der Waals surface area contributed by atoms with Crippen molar-refractivity contribution in [2.24, 2.45) is 0 Å². The van der Waals surface area contributed by atoms with Gasteiger partial charge in [-0.1, -0.05) is 0 Å². The highest BCUT2D eigenvalue weighted by Crippen LogP contribution is 2.39. The summed E-state index contributed by atoms with van der Waals surface area (Å²) in [6, 6.07) is 6.62. The number of carboxylic acids is 1. The van der Waals surface area contributed by atoms with Crippen molar-refractivity contribution >= 4 is 18.0 Å². The summed E-state index contributed by atoms with van der Waals surface area (Å²) in [6.45, 7) is 1.28. The van der Waals surface area contributed by atoms with Crippen molar-refractivity contribution in [1.29, 1.82) is 0 Å². The number of rotatable bonds is 9.